The molecule has 3 rings (SSSR count). The van der Waals surface area contributed by atoms with Crippen molar-refractivity contribution in [2.24, 2.45) is 0 Å². The number of hydrogen-bond acceptors (Lipinski definition) is 4. The molecule has 2 heterocycles. The van der Waals surface area contributed by atoms with Crippen LogP contribution in [0.5, 0.6) is 5.75 Å². The maximum atomic E-state index is 9.67. The minimum atomic E-state index is -0.325. The average Bonchev–Trinajstić information content (AvgIpc) is 2.83. The van der Waals surface area contributed by atoms with Gasteiger partial charge in [-0.2, -0.15) is 0 Å². The number of fused-ring (bicyclic) bond motifs is 2. The summed E-state index contributed by atoms with van der Waals surface area (Å²) in [4.78, 5) is 0. The van der Waals surface area contributed by atoms with Crippen LogP contribution in [0.4, 0.5) is 0 Å². The summed E-state index contributed by atoms with van der Waals surface area (Å²) in [5.41, 5.74) is 0.913. The van der Waals surface area contributed by atoms with Crippen LogP contribution in [-0.4, -0.2) is 37.1 Å². The quantitative estimate of drug-likeness (QED) is 0.899. The fraction of sp³-hybridized carbons (Fsp3) is 0.625. The summed E-state index contributed by atoms with van der Waals surface area (Å²) in [6.45, 7) is -0.0347. The Labute approximate surface area is 119 Å². The van der Waals surface area contributed by atoms with Crippen molar-refractivity contribution in [3.63, 3.8) is 0 Å². The van der Waals surface area contributed by atoms with Crippen LogP contribution in [0.15, 0.2) is 24.3 Å². The highest BCUT2D eigenvalue weighted by atomic mass is 16.5. The van der Waals surface area contributed by atoms with Crippen LogP contribution in [0, 0.1) is 0 Å². The molecule has 20 heavy (non-hydrogen) atoms. The first-order valence-corrected chi connectivity index (χ1v) is 7.35. The number of rotatable bonds is 5. The summed E-state index contributed by atoms with van der Waals surface area (Å²) in [6.07, 6.45) is 4.68. The highest BCUT2D eigenvalue weighted by Gasteiger charge is 2.36. The van der Waals surface area contributed by atoms with Crippen molar-refractivity contribution in [2.45, 2.75) is 50.1 Å². The van der Waals surface area contributed by atoms with Crippen LogP contribution in [0.25, 0.3) is 0 Å². The fourth-order valence-electron chi connectivity index (χ4n) is 3.30. The second-order valence-electron chi connectivity index (χ2n) is 5.60. The van der Waals surface area contributed by atoms with Crippen molar-refractivity contribution < 1.29 is 19.3 Å². The molecule has 2 fully saturated rings. The van der Waals surface area contributed by atoms with E-state index in [2.05, 4.69) is 0 Å². The molecule has 0 spiro atoms. The SMILES string of the molecule is COc1ccccc1[C@@H](CO)OC1C[C@H]2CC[C@@H](C1)O2. The van der Waals surface area contributed by atoms with Crippen LogP contribution < -0.4 is 4.74 Å². The van der Waals surface area contributed by atoms with Gasteiger partial charge in [0.25, 0.3) is 0 Å². The Hall–Kier alpha value is -1.10. The Morgan fingerprint density at radius 3 is 2.60 bits per heavy atom. The van der Waals surface area contributed by atoms with Crippen molar-refractivity contribution in [2.75, 3.05) is 13.7 Å². The van der Waals surface area contributed by atoms with E-state index < -0.39 is 0 Å². The standard InChI is InChI=1S/C16H22O4/c1-18-15-5-3-2-4-14(15)16(10-17)20-13-8-11-6-7-12(9-13)19-11/h2-5,11-13,16-17H,6-10H2,1H3/t11-,12+,13?,16-/m1/s1. The van der Waals surface area contributed by atoms with E-state index in [1.165, 1.54) is 0 Å². The molecule has 0 amide bonds. The first-order chi connectivity index (χ1) is 9.80. The summed E-state index contributed by atoms with van der Waals surface area (Å²) in [6, 6.07) is 7.71. The van der Waals surface area contributed by atoms with Crippen LogP contribution in [0.3, 0.4) is 0 Å². The van der Waals surface area contributed by atoms with Gasteiger partial charge in [-0.25, -0.2) is 0 Å². The first-order valence-electron chi connectivity index (χ1n) is 7.35. The molecule has 1 aromatic rings. The maximum Gasteiger partial charge on any atom is 0.124 e. The number of ether oxygens (including phenoxy) is 3. The van der Waals surface area contributed by atoms with E-state index >= 15 is 0 Å². The number of benzene rings is 1. The lowest BCUT2D eigenvalue weighted by Gasteiger charge is -2.31. The molecule has 4 nitrogen and oxygen atoms in total. The third-order valence-corrected chi connectivity index (χ3v) is 4.26. The summed E-state index contributed by atoms with van der Waals surface area (Å²) in [5, 5.41) is 9.67. The van der Waals surface area contributed by atoms with Crippen molar-refractivity contribution in [1.82, 2.24) is 0 Å². The van der Waals surface area contributed by atoms with Crippen molar-refractivity contribution in [1.29, 1.82) is 0 Å². The maximum absolute atomic E-state index is 9.67. The van der Waals surface area contributed by atoms with Crippen molar-refractivity contribution >= 4 is 0 Å². The molecule has 0 radical (unpaired) electrons. The molecule has 2 saturated heterocycles. The molecule has 1 aromatic carbocycles. The van der Waals surface area contributed by atoms with E-state index in [-0.39, 0.29) is 18.8 Å². The smallest absolute Gasteiger partial charge is 0.124 e. The van der Waals surface area contributed by atoms with Gasteiger partial charge in [0, 0.05) is 5.56 Å². The summed E-state index contributed by atoms with van der Waals surface area (Å²) >= 11 is 0. The fourth-order valence-corrected chi connectivity index (χ4v) is 3.30. The first kappa shape index (κ1) is 13.9. The summed E-state index contributed by atoms with van der Waals surface area (Å²) in [5.74, 6) is 0.765. The van der Waals surface area contributed by atoms with Gasteiger partial charge >= 0.3 is 0 Å². The second-order valence-corrected chi connectivity index (χ2v) is 5.60. The van der Waals surface area contributed by atoms with E-state index in [1.54, 1.807) is 7.11 Å². The predicted molar refractivity (Wildman–Crippen MR) is 74.8 cm³/mol. The summed E-state index contributed by atoms with van der Waals surface area (Å²) < 4.78 is 17.3. The van der Waals surface area contributed by atoms with E-state index in [0.717, 1.165) is 37.0 Å². The van der Waals surface area contributed by atoms with Gasteiger partial charge in [0.1, 0.15) is 11.9 Å². The van der Waals surface area contributed by atoms with Crippen LogP contribution in [-0.2, 0) is 9.47 Å². The lowest BCUT2D eigenvalue weighted by atomic mass is 10.0. The van der Waals surface area contributed by atoms with Gasteiger partial charge in [0.15, 0.2) is 0 Å². The van der Waals surface area contributed by atoms with Gasteiger partial charge in [-0.05, 0) is 31.7 Å². The largest absolute Gasteiger partial charge is 0.496 e. The van der Waals surface area contributed by atoms with Crippen LogP contribution in [0.1, 0.15) is 37.4 Å². The monoisotopic (exact) mass is 278 g/mol. The Kier molecular flexibility index (Phi) is 4.24. The average molecular weight is 278 g/mol. The molecule has 2 aliphatic rings. The molecule has 2 aliphatic heterocycles. The van der Waals surface area contributed by atoms with E-state index in [4.69, 9.17) is 14.2 Å². The molecule has 2 bridgehead atoms. The Morgan fingerprint density at radius 2 is 1.95 bits per heavy atom. The van der Waals surface area contributed by atoms with Crippen molar-refractivity contribution in [3.05, 3.63) is 29.8 Å². The molecular weight excluding hydrogens is 256 g/mol. The lowest BCUT2D eigenvalue weighted by molar-refractivity contribution is -0.115. The number of hydrogen-bond donors (Lipinski definition) is 1. The molecular formula is C16H22O4. The summed E-state index contributed by atoms with van der Waals surface area (Å²) in [7, 11) is 1.64. The molecule has 0 aliphatic carbocycles. The zero-order chi connectivity index (χ0) is 13.9. The van der Waals surface area contributed by atoms with Crippen molar-refractivity contribution in [3.8, 4) is 5.75 Å². The molecule has 1 N–H and O–H groups in total. The van der Waals surface area contributed by atoms with E-state index in [1.807, 2.05) is 24.3 Å². The molecule has 0 saturated carbocycles. The van der Waals surface area contributed by atoms with Crippen LogP contribution >= 0.6 is 0 Å². The van der Waals surface area contributed by atoms with Gasteiger partial charge in [0.05, 0.1) is 32.0 Å². The minimum absolute atomic E-state index is 0.0347. The van der Waals surface area contributed by atoms with Gasteiger partial charge in [-0.15, -0.1) is 0 Å². The molecule has 110 valence electrons. The Morgan fingerprint density at radius 1 is 1.25 bits per heavy atom. The van der Waals surface area contributed by atoms with E-state index in [9.17, 15) is 5.11 Å². The van der Waals surface area contributed by atoms with Gasteiger partial charge in [-0.3, -0.25) is 0 Å². The molecule has 4 heteroatoms. The third-order valence-electron chi connectivity index (χ3n) is 4.26. The molecule has 1 unspecified atom stereocenters. The van der Waals surface area contributed by atoms with Gasteiger partial charge in [0.2, 0.25) is 0 Å². The minimum Gasteiger partial charge on any atom is -0.496 e. The number of methoxy groups -OCH3 is 1. The lowest BCUT2D eigenvalue weighted by Crippen LogP contribution is -2.32. The number of aliphatic hydroxyl groups is 1. The zero-order valence-corrected chi connectivity index (χ0v) is 11.8. The predicted octanol–water partition coefficient (Wildman–Crippen LogP) is 2.46. The number of aliphatic hydroxyl groups excluding tert-OH is 1. The highest BCUT2D eigenvalue weighted by Crippen LogP contribution is 2.37. The Balaban J connectivity index is 1.70. The zero-order valence-electron chi connectivity index (χ0n) is 11.8. The molecule has 4 atom stereocenters. The second kappa shape index (κ2) is 6.12. The molecule has 0 aromatic heterocycles. The van der Waals surface area contributed by atoms with Gasteiger partial charge in [-0.1, -0.05) is 18.2 Å². The normalized spacial score (nSPS) is 30.2. The van der Waals surface area contributed by atoms with Crippen LogP contribution in [0.2, 0.25) is 0 Å². The van der Waals surface area contributed by atoms with E-state index in [0.29, 0.717) is 12.2 Å². The topological polar surface area (TPSA) is 47.9 Å². The van der Waals surface area contributed by atoms with Gasteiger partial charge < -0.3 is 19.3 Å². The Bertz CT molecular complexity index is 436. The number of para-hydroxylation sites is 1. The highest BCUT2D eigenvalue weighted by molar-refractivity contribution is 5.35. The third kappa shape index (κ3) is 2.82.